The number of ether oxygens (including phenoxy) is 1. The summed E-state index contributed by atoms with van der Waals surface area (Å²) in [6.07, 6.45) is 2.37. The Morgan fingerprint density at radius 1 is 1.60 bits per heavy atom. The first kappa shape index (κ1) is 12.4. The van der Waals surface area contributed by atoms with Crippen molar-refractivity contribution in [3.63, 3.8) is 0 Å². The number of aliphatic hydroxyl groups excluding tert-OH is 1. The van der Waals surface area contributed by atoms with Crippen LogP contribution in [0.1, 0.15) is 6.42 Å². The van der Waals surface area contributed by atoms with Crippen LogP contribution in [-0.2, 0) is 4.74 Å². The Labute approximate surface area is 97.8 Å². The summed E-state index contributed by atoms with van der Waals surface area (Å²) in [6, 6.07) is 3.89. The van der Waals surface area contributed by atoms with Crippen LogP contribution < -0.4 is 5.32 Å². The van der Waals surface area contributed by atoms with Crippen LogP contribution in [0.3, 0.4) is 0 Å². The first-order valence-corrected chi connectivity index (χ1v) is 5.53. The Morgan fingerprint density at radius 2 is 2.40 bits per heavy atom. The van der Waals surface area contributed by atoms with E-state index in [1.165, 1.54) is 0 Å². The van der Waals surface area contributed by atoms with Crippen LogP contribution in [0.4, 0.5) is 5.82 Å². The quantitative estimate of drug-likeness (QED) is 0.829. The molecule has 5 heteroatoms. The number of aliphatic hydroxyl groups is 1. The van der Waals surface area contributed by atoms with Gasteiger partial charge in [-0.05, 0) is 34.5 Å². The van der Waals surface area contributed by atoms with E-state index >= 15 is 0 Å². The predicted octanol–water partition coefficient (Wildman–Crippen LogP) is 1.65. The maximum Gasteiger partial charge on any atom is 0.126 e. The number of nitrogens with zero attached hydrogens (tertiary/aromatic N) is 1. The lowest BCUT2D eigenvalue weighted by Crippen LogP contribution is -2.26. The zero-order valence-electron chi connectivity index (χ0n) is 8.61. The largest absolute Gasteiger partial charge is 0.396 e. The minimum absolute atomic E-state index is 0.0914. The molecule has 1 unspecified atom stereocenters. The molecule has 0 saturated carbocycles. The standard InChI is InChI=1S/C10H15BrN2O2/c1-15-7-9(4-5-14)13-10-3-2-8(11)6-12-10/h2-3,6,9,14H,4-5,7H2,1H3,(H,12,13). The van der Waals surface area contributed by atoms with Gasteiger partial charge in [0.1, 0.15) is 5.82 Å². The molecule has 0 fully saturated rings. The van der Waals surface area contributed by atoms with Gasteiger partial charge in [0.15, 0.2) is 0 Å². The van der Waals surface area contributed by atoms with Gasteiger partial charge < -0.3 is 15.2 Å². The molecule has 0 bridgehead atoms. The fraction of sp³-hybridized carbons (Fsp3) is 0.500. The molecule has 1 aromatic rings. The second-order valence-electron chi connectivity index (χ2n) is 3.17. The zero-order valence-corrected chi connectivity index (χ0v) is 10.2. The minimum Gasteiger partial charge on any atom is -0.396 e. The van der Waals surface area contributed by atoms with E-state index in [1.807, 2.05) is 12.1 Å². The van der Waals surface area contributed by atoms with Gasteiger partial charge in [-0.2, -0.15) is 0 Å². The molecule has 0 aliphatic heterocycles. The van der Waals surface area contributed by atoms with E-state index in [2.05, 4.69) is 26.2 Å². The van der Waals surface area contributed by atoms with E-state index in [0.717, 1.165) is 10.3 Å². The average molecular weight is 275 g/mol. The molecule has 15 heavy (non-hydrogen) atoms. The number of halogens is 1. The van der Waals surface area contributed by atoms with Gasteiger partial charge in [-0.3, -0.25) is 0 Å². The Kier molecular flexibility index (Phi) is 5.60. The van der Waals surface area contributed by atoms with Crippen LogP contribution in [0.5, 0.6) is 0 Å². The second-order valence-corrected chi connectivity index (χ2v) is 4.09. The summed E-state index contributed by atoms with van der Waals surface area (Å²) in [5, 5.41) is 12.1. The Morgan fingerprint density at radius 3 is 2.93 bits per heavy atom. The summed E-state index contributed by atoms with van der Waals surface area (Å²) in [6.45, 7) is 0.690. The number of nitrogens with one attached hydrogen (secondary N) is 1. The summed E-state index contributed by atoms with van der Waals surface area (Å²) in [7, 11) is 1.64. The van der Waals surface area contributed by atoms with Crippen LogP contribution in [0.25, 0.3) is 0 Å². The third-order valence-corrected chi connectivity index (χ3v) is 2.39. The Hall–Kier alpha value is -0.650. The summed E-state index contributed by atoms with van der Waals surface area (Å²) in [5.74, 6) is 0.786. The van der Waals surface area contributed by atoms with Crippen molar-refractivity contribution >= 4 is 21.7 Å². The molecule has 1 heterocycles. The highest BCUT2D eigenvalue weighted by atomic mass is 79.9. The highest BCUT2D eigenvalue weighted by Crippen LogP contribution is 2.12. The first-order chi connectivity index (χ1) is 7.26. The number of methoxy groups -OCH3 is 1. The highest BCUT2D eigenvalue weighted by molar-refractivity contribution is 9.10. The molecule has 1 atom stereocenters. The molecule has 0 radical (unpaired) electrons. The summed E-state index contributed by atoms with van der Waals surface area (Å²) in [5.41, 5.74) is 0. The van der Waals surface area contributed by atoms with Crippen molar-refractivity contribution in [2.24, 2.45) is 0 Å². The predicted molar refractivity (Wildman–Crippen MR) is 62.9 cm³/mol. The Bertz CT molecular complexity index is 273. The third-order valence-electron chi connectivity index (χ3n) is 1.92. The molecule has 4 nitrogen and oxygen atoms in total. The van der Waals surface area contributed by atoms with Crippen LogP contribution >= 0.6 is 15.9 Å². The van der Waals surface area contributed by atoms with E-state index in [1.54, 1.807) is 13.3 Å². The van der Waals surface area contributed by atoms with E-state index in [0.29, 0.717) is 13.0 Å². The molecule has 84 valence electrons. The van der Waals surface area contributed by atoms with E-state index in [9.17, 15) is 0 Å². The van der Waals surface area contributed by atoms with Crippen molar-refractivity contribution in [1.82, 2.24) is 4.98 Å². The van der Waals surface area contributed by atoms with E-state index in [4.69, 9.17) is 9.84 Å². The van der Waals surface area contributed by atoms with Crippen LogP contribution in [0.15, 0.2) is 22.8 Å². The lowest BCUT2D eigenvalue weighted by atomic mass is 10.2. The van der Waals surface area contributed by atoms with Crippen LogP contribution in [0, 0.1) is 0 Å². The molecule has 0 aromatic carbocycles. The van der Waals surface area contributed by atoms with Gasteiger partial charge in [-0.15, -0.1) is 0 Å². The number of rotatable bonds is 6. The summed E-state index contributed by atoms with van der Waals surface area (Å²) >= 11 is 3.32. The van der Waals surface area contributed by atoms with Gasteiger partial charge in [0.25, 0.3) is 0 Å². The van der Waals surface area contributed by atoms with Crippen molar-refractivity contribution in [3.8, 4) is 0 Å². The molecule has 0 aliphatic rings. The third kappa shape index (κ3) is 4.59. The number of hydrogen-bond donors (Lipinski definition) is 2. The topological polar surface area (TPSA) is 54.4 Å². The fourth-order valence-electron chi connectivity index (χ4n) is 1.22. The van der Waals surface area contributed by atoms with Gasteiger partial charge >= 0.3 is 0 Å². The van der Waals surface area contributed by atoms with Crippen LogP contribution in [-0.4, -0.2) is 36.5 Å². The van der Waals surface area contributed by atoms with Crippen molar-refractivity contribution in [2.45, 2.75) is 12.5 Å². The average Bonchev–Trinajstić information content (AvgIpc) is 2.22. The van der Waals surface area contributed by atoms with Crippen molar-refractivity contribution < 1.29 is 9.84 Å². The van der Waals surface area contributed by atoms with E-state index in [-0.39, 0.29) is 12.6 Å². The van der Waals surface area contributed by atoms with Crippen molar-refractivity contribution in [2.75, 3.05) is 25.6 Å². The fourth-order valence-corrected chi connectivity index (χ4v) is 1.46. The van der Waals surface area contributed by atoms with E-state index < -0.39 is 0 Å². The number of aromatic nitrogens is 1. The first-order valence-electron chi connectivity index (χ1n) is 4.74. The smallest absolute Gasteiger partial charge is 0.126 e. The number of pyridine rings is 1. The summed E-state index contributed by atoms with van der Waals surface area (Å²) in [4.78, 5) is 4.19. The molecule has 0 amide bonds. The van der Waals surface area contributed by atoms with Gasteiger partial charge in [0.05, 0.1) is 12.6 Å². The summed E-state index contributed by atoms with van der Waals surface area (Å²) < 4.78 is 5.98. The van der Waals surface area contributed by atoms with Gasteiger partial charge in [-0.1, -0.05) is 0 Å². The van der Waals surface area contributed by atoms with Gasteiger partial charge in [0.2, 0.25) is 0 Å². The Balaban J connectivity index is 2.53. The van der Waals surface area contributed by atoms with Gasteiger partial charge in [0, 0.05) is 24.4 Å². The number of anilines is 1. The monoisotopic (exact) mass is 274 g/mol. The van der Waals surface area contributed by atoms with Crippen molar-refractivity contribution in [1.29, 1.82) is 0 Å². The molecule has 1 rings (SSSR count). The lowest BCUT2D eigenvalue weighted by molar-refractivity contribution is 0.170. The molecule has 2 N–H and O–H groups in total. The SMILES string of the molecule is COCC(CCO)Nc1ccc(Br)cn1. The maximum atomic E-state index is 8.86. The molecular formula is C10H15BrN2O2. The molecule has 0 spiro atoms. The lowest BCUT2D eigenvalue weighted by Gasteiger charge is -2.17. The molecule has 1 aromatic heterocycles. The van der Waals surface area contributed by atoms with Gasteiger partial charge in [-0.25, -0.2) is 4.98 Å². The molecule has 0 saturated heterocycles. The van der Waals surface area contributed by atoms with Crippen molar-refractivity contribution in [3.05, 3.63) is 22.8 Å². The highest BCUT2D eigenvalue weighted by Gasteiger charge is 2.07. The molecular weight excluding hydrogens is 260 g/mol. The second kappa shape index (κ2) is 6.76. The normalized spacial score (nSPS) is 12.5. The van der Waals surface area contributed by atoms with Crippen LogP contribution in [0.2, 0.25) is 0 Å². The minimum atomic E-state index is 0.0914. The molecule has 0 aliphatic carbocycles. The number of hydrogen-bond acceptors (Lipinski definition) is 4. The zero-order chi connectivity index (χ0) is 11.1. The maximum absolute atomic E-state index is 8.86.